The standard InChI is InChI=1S/C19H15ClF2N2O4S/c1-10-8-15(17-13(21)4-3-5-14(17)22)23-18(10)19(25)24-29(26,27)16-9-11(28-2)6-7-12(16)20/h3-7,9H,8H2,1-2H3,(H,24,25). The lowest BCUT2D eigenvalue weighted by Gasteiger charge is -2.10. The molecule has 0 aliphatic carbocycles. The van der Waals surface area contributed by atoms with Crippen molar-refractivity contribution in [2.24, 2.45) is 4.99 Å². The molecule has 1 aliphatic rings. The highest BCUT2D eigenvalue weighted by molar-refractivity contribution is 7.90. The number of hydrogen-bond donors (Lipinski definition) is 1. The normalized spacial score (nSPS) is 14.0. The van der Waals surface area contributed by atoms with Crippen molar-refractivity contribution < 1.29 is 26.7 Å². The number of benzene rings is 2. The highest BCUT2D eigenvalue weighted by atomic mass is 35.5. The number of carbonyl (C=O) groups is 1. The summed E-state index contributed by atoms with van der Waals surface area (Å²) in [5, 5.41) is -0.110. The number of aliphatic imine (C=N–C) groups is 1. The van der Waals surface area contributed by atoms with Crippen LogP contribution in [0.1, 0.15) is 18.9 Å². The van der Waals surface area contributed by atoms with Gasteiger partial charge in [0.05, 0.1) is 23.4 Å². The van der Waals surface area contributed by atoms with Gasteiger partial charge in [0.15, 0.2) is 0 Å². The van der Waals surface area contributed by atoms with Gasteiger partial charge in [0.1, 0.15) is 28.0 Å². The predicted octanol–water partition coefficient (Wildman–Crippen LogP) is 3.60. The zero-order valence-electron chi connectivity index (χ0n) is 15.3. The van der Waals surface area contributed by atoms with Gasteiger partial charge < -0.3 is 4.74 Å². The molecule has 0 saturated heterocycles. The van der Waals surface area contributed by atoms with Crippen LogP contribution in [0, 0.1) is 11.6 Å². The fourth-order valence-corrected chi connectivity index (χ4v) is 4.28. The molecule has 6 nitrogen and oxygen atoms in total. The Bertz CT molecular complexity index is 1160. The van der Waals surface area contributed by atoms with Gasteiger partial charge in [-0.25, -0.2) is 26.9 Å². The smallest absolute Gasteiger partial charge is 0.283 e. The largest absolute Gasteiger partial charge is 0.497 e. The molecule has 0 bridgehead atoms. The zero-order valence-corrected chi connectivity index (χ0v) is 16.9. The van der Waals surface area contributed by atoms with Gasteiger partial charge in [0.2, 0.25) is 0 Å². The molecule has 152 valence electrons. The average molecular weight is 441 g/mol. The lowest BCUT2D eigenvalue weighted by molar-refractivity contribution is -0.115. The van der Waals surface area contributed by atoms with Crippen LogP contribution in [-0.2, 0) is 14.8 Å². The highest BCUT2D eigenvalue weighted by Gasteiger charge is 2.29. The first-order valence-corrected chi connectivity index (χ1v) is 10.1. The van der Waals surface area contributed by atoms with Crippen molar-refractivity contribution in [3.63, 3.8) is 0 Å². The molecule has 1 N–H and O–H groups in total. The van der Waals surface area contributed by atoms with Crippen LogP contribution in [0.3, 0.4) is 0 Å². The maximum atomic E-state index is 14.0. The quantitative estimate of drug-likeness (QED) is 0.769. The number of hydrogen-bond acceptors (Lipinski definition) is 5. The summed E-state index contributed by atoms with van der Waals surface area (Å²) in [7, 11) is -2.99. The van der Waals surface area contributed by atoms with E-state index in [0.29, 0.717) is 5.57 Å². The van der Waals surface area contributed by atoms with Gasteiger partial charge in [-0.3, -0.25) is 4.79 Å². The summed E-state index contributed by atoms with van der Waals surface area (Å²) in [5.41, 5.74) is -0.217. The summed E-state index contributed by atoms with van der Waals surface area (Å²) in [6.07, 6.45) is 0.000566. The Morgan fingerprint density at radius 3 is 2.48 bits per heavy atom. The minimum absolute atomic E-state index is 0.0000562. The lowest BCUT2D eigenvalue weighted by atomic mass is 10.0. The van der Waals surface area contributed by atoms with E-state index in [9.17, 15) is 22.0 Å². The Labute approximate surface area is 170 Å². The molecule has 0 saturated carbocycles. The molecule has 3 rings (SSSR count). The van der Waals surface area contributed by atoms with Crippen molar-refractivity contribution in [1.29, 1.82) is 0 Å². The fraction of sp³-hybridized carbons (Fsp3) is 0.158. The van der Waals surface area contributed by atoms with Crippen molar-refractivity contribution in [2.75, 3.05) is 7.11 Å². The molecule has 2 aromatic rings. The molecular weight excluding hydrogens is 426 g/mol. The van der Waals surface area contributed by atoms with Crippen LogP contribution in [0.25, 0.3) is 0 Å². The van der Waals surface area contributed by atoms with Crippen LogP contribution < -0.4 is 9.46 Å². The summed E-state index contributed by atoms with van der Waals surface area (Å²) in [6, 6.07) is 7.30. The van der Waals surface area contributed by atoms with Crippen LogP contribution in [0.2, 0.25) is 5.02 Å². The number of carbonyl (C=O) groups excluding carboxylic acids is 1. The van der Waals surface area contributed by atoms with E-state index in [1.807, 2.05) is 4.72 Å². The summed E-state index contributed by atoms with van der Waals surface area (Å²) in [6.45, 7) is 1.52. The van der Waals surface area contributed by atoms with E-state index in [2.05, 4.69) is 4.99 Å². The molecule has 2 aromatic carbocycles. The van der Waals surface area contributed by atoms with E-state index in [-0.39, 0.29) is 39.1 Å². The molecule has 10 heteroatoms. The Balaban J connectivity index is 1.91. The summed E-state index contributed by atoms with van der Waals surface area (Å²) in [4.78, 5) is 16.2. The predicted molar refractivity (Wildman–Crippen MR) is 104 cm³/mol. The Morgan fingerprint density at radius 1 is 1.21 bits per heavy atom. The molecule has 0 spiro atoms. The number of amides is 1. The van der Waals surface area contributed by atoms with Gasteiger partial charge in [-0.1, -0.05) is 17.7 Å². The topological polar surface area (TPSA) is 84.8 Å². The first-order valence-electron chi connectivity index (χ1n) is 8.26. The van der Waals surface area contributed by atoms with Gasteiger partial charge in [0, 0.05) is 12.5 Å². The molecule has 1 heterocycles. The fourth-order valence-electron chi connectivity index (χ4n) is 2.81. The van der Waals surface area contributed by atoms with E-state index >= 15 is 0 Å². The number of rotatable bonds is 5. The number of nitrogens with zero attached hydrogens (tertiary/aromatic N) is 1. The molecule has 0 unspecified atom stereocenters. The first kappa shape index (κ1) is 20.9. The second kappa shape index (κ2) is 7.92. The third kappa shape index (κ3) is 4.15. The van der Waals surface area contributed by atoms with Crippen molar-refractivity contribution in [3.8, 4) is 5.75 Å². The van der Waals surface area contributed by atoms with E-state index in [4.69, 9.17) is 16.3 Å². The minimum atomic E-state index is -4.35. The van der Waals surface area contributed by atoms with Gasteiger partial charge in [-0.2, -0.15) is 0 Å². The Kier molecular flexibility index (Phi) is 5.72. The maximum absolute atomic E-state index is 14.0. The summed E-state index contributed by atoms with van der Waals surface area (Å²) in [5.74, 6) is -2.45. The van der Waals surface area contributed by atoms with E-state index in [1.54, 1.807) is 0 Å². The maximum Gasteiger partial charge on any atom is 0.283 e. The molecule has 0 atom stereocenters. The minimum Gasteiger partial charge on any atom is -0.497 e. The average Bonchev–Trinajstić information content (AvgIpc) is 3.03. The summed E-state index contributed by atoms with van der Waals surface area (Å²) < 4.78 is 60.0. The van der Waals surface area contributed by atoms with Crippen molar-refractivity contribution in [1.82, 2.24) is 4.72 Å². The van der Waals surface area contributed by atoms with Crippen LogP contribution in [0.5, 0.6) is 5.75 Å². The van der Waals surface area contributed by atoms with E-state index < -0.39 is 27.6 Å². The number of allylic oxidation sites excluding steroid dienone is 1. The monoisotopic (exact) mass is 440 g/mol. The molecular formula is C19H15ClF2N2O4S. The van der Waals surface area contributed by atoms with Crippen LogP contribution in [0.4, 0.5) is 8.78 Å². The molecule has 0 fully saturated rings. The van der Waals surface area contributed by atoms with E-state index in [1.165, 1.54) is 32.2 Å². The van der Waals surface area contributed by atoms with Crippen LogP contribution in [0.15, 0.2) is 57.6 Å². The van der Waals surface area contributed by atoms with Crippen molar-refractivity contribution in [3.05, 3.63) is 69.9 Å². The number of methoxy groups -OCH3 is 1. The molecule has 29 heavy (non-hydrogen) atoms. The first-order chi connectivity index (χ1) is 13.6. The lowest BCUT2D eigenvalue weighted by Crippen LogP contribution is -2.31. The number of ether oxygens (including phenoxy) is 1. The number of sulfonamides is 1. The van der Waals surface area contributed by atoms with Crippen LogP contribution in [-0.4, -0.2) is 27.1 Å². The van der Waals surface area contributed by atoms with Gasteiger partial charge in [-0.05, 0) is 36.8 Å². The Morgan fingerprint density at radius 2 is 1.86 bits per heavy atom. The Hall–Kier alpha value is -2.78. The third-order valence-corrected chi connectivity index (χ3v) is 6.02. The number of nitrogens with one attached hydrogen (secondary N) is 1. The van der Waals surface area contributed by atoms with Gasteiger partial charge in [-0.15, -0.1) is 0 Å². The van der Waals surface area contributed by atoms with Gasteiger partial charge >= 0.3 is 0 Å². The third-order valence-electron chi connectivity index (χ3n) is 4.20. The second-order valence-corrected chi connectivity index (χ2v) is 8.25. The second-order valence-electron chi connectivity index (χ2n) is 6.19. The van der Waals surface area contributed by atoms with Crippen molar-refractivity contribution >= 4 is 33.2 Å². The number of halogens is 3. The molecule has 1 amide bonds. The van der Waals surface area contributed by atoms with Crippen molar-refractivity contribution in [2.45, 2.75) is 18.2 Å². The highest BCUT2D eigenvalue weighted by Crippen LogP contribution is 2.28. The molecule has 1 aliphatic heterocycles. The molecule has 0 aromatic heterocycles. The zero-order chi connectivity index (χ0) is 21.3. The van der Waals surface area contributed by atoms with Gasteiger partial charge in [0.25, 0.3) is 15.9 Å². The van der Waals surface area contributed by atoms with E-state index in [0.717, 1.165) is 18.2 Å². The summed E-state index contributed by atoms with van der Waals surface area (Å²) >= 11 is 5.94. The van der Waals surface area contributed by atoms with Crippen LogP contribution >= 0.6 is 11.6 Å². The SMILES string of the molecule is COc1ccc(Cl)c(S(=O)(=O)NC(=O)C2=C(C)CC(c3c(F)cccc3F)=N2)c1. The molecule has 0 radical (unpaired) electrons.